The topological polar surface area (TPSA) is 98.9 Å². The molecule has 0 fully saturated rings. The molecule has 1 unspecified atom stereocenters. The molecule has 8 heteroatoms. The van der Waals surface area contributed by atoms with E-state index < -0.39 is 28.5 Å². The lowest BCUT2D eigenvalue weighted by Gasteiger charge is -2.13. The van der Waals surface area contributed by atoms with Gasteiger partial charge >= 0.3 is 11.7 Å². The first kappa shape index (κ1) is 14.8. The fourth-order valence-electron chi connectivity index (χ4n) is 1.29. The summed E-state index contributed by atoms with van der Waals surface area (Å²) in [6.45, 7) is 1.50. The van der Waals surface area contributed by atoms with Crippen LogP contribution >= 0.6 is 0 Å². The summed E-state index contributed by atoms with van der Waals surface area (Å²) in [6.07, 6.45) is -1.18. The zero-order valence-corrected chi connectivity index (χ0v) is 10.0. The number of aliphatic carboxylic acids is 1. The number of hydrogen-bond acceptors (Lipinski definition) is 5. The molecule has 1 aromatic carbocycles. The Morgan fingerprint density at radius 2 is 2.26 bits per heavy atom. The minimum Gasteiger partial charge on any atom is -0.490 e. The van der Waals surface area contributed by atoms with Crippen molar-refractivity contribution in [1.29, 1.82) is 0 Å². The van der Waals surface area contributed by atoms with Crippen molar-refractivity contribution >= 4 is 11.7 Å². The Bertz CT molecular complexity index is 478. The first-order chi connectivity index (χ1) is 8.95. The molecule has 0 heterocycles. The highest BCUT2D eigenvalue weighted by Gasteiger charge is 2.19. The summed E-state index contributed by atoms with van der Waals surface area (Å²) in [5, 5.41) is 19.2. The molecule has 0 saturated carbocycles. The van der Waals surface area contributed by atoms with Crippen molar-refractivity contribution in [1.82, 2.24) is 0 Å². The molecule has 7 nitrogen and oxygen atoms in total. The fraction of sp³-hybridized carbons (Fsp3) is 0.364. The molecule has 0 aliphatic heterocycles. The highest BCUT2D eigenvalue weighted by molar-refractivity contribution is 5.72. The van der Waals surface area contributed by atoms with E-state index in [2.05, 4.69) is 0 Å². The van der Waals surface area contributed by atoms with Crippen molar-refractivity contribution in [3.63, 3.8) is 0 Å². The van der Waals surface area contributed by atoms with Gasteiger partial charge in [0, 0.05) is 18.7 Å². The van der Waals surface area contributed by atoms with Crippen molar-refractivity contribution in [3.8, 4) is 5.75 Å². The van der Waals surface area contributed by atoms with Crippen LogP contribution in [0.4, 0.5) is 10.1 Å². The Kier molecular flexibility index (Phi) is 5.19. The largest absolute Gasteiger partial charge is 0.490 e. The van der Waals surface area contributed by atoms with E-state index in [0.29, 0.717) is 0 Å². The monoisotopic (exact) mass is 273 g/mol. The number of rotatable bonds is 7. The van der Waals surface area contributed by atoms with E-state index in [-0.39, 0.29) is 19.0 Å². The molecule has 0 spiro atoms. The number of halogens is 1. The molecule has 104 valence electrons. The van der Waals surface area contributed by atoms with Gasteiger partial charge in [-0.2, -0.15) is 4.39 Å². The highest BCUT2D eigenvalue weighted by Crippen LogP contribution is 2.22. The lowest BCUT2D eigenvalue weighted by atomic mass is 10.3. The lowest BCUT2D eigenvalue weighted by Crippen LogP contribution is -2.30. The summed E-state index contributed by atoms with van der Waals surface area (Å²) in [5.41, 5.74) is -0.674. The molecule has 0 radical (unpaired) electrons. The Morgan fingerprint density at radius 3 is 2.74 bits per heavy atom. The standard InChI is InChI=1S/C11H12FNO6/c1-2-18-10(11(14)15)6-19-7-3-4-9(13(16)17)8(12)5-7/h3-5,10H,2,6H2,1H3,(H,14,15). The van der Waals surface area contributed by atoms with Crippen molar-refractivity contribution in [2.45, 2.75) is 13.0 Å². The number of nitro groups is 1. The number of nitro benzene ring substituents is 1. The Hall–Kier alpha value is -2.22. The van der Waals surface area contributed by atoms with E-state index in [1.807, 2.05) is 0 Å². The van der Waals surface area contributed by atoms with Gasteiger partial charge in [0.05, 0.1) is 4.92 Å². The van der Waals surface area contributed by atoms with Gasteiger partial charge in [0.2, 0.25) is 5.82 Å². The second-order valence-corrected chi connectivity index (χ2v) is 3.46. The van der Waals surface area contributed by atoms with Gasteiger partial charge in [-0.3, -0.25) is 10.1 Å². The minimum absolute atomic E-state index is 0.00551. The first-order valence-electron chi connectivity index (χ1n) is 5.36. The van der Waals surface area contributed by atoms with E-state index in [4.69, 9.17) is 14.6 Å². The number of carbonyl (C=O) groups is 1. The molecule has 0 amide bonds. The third kappa shape index (κ3) is 4.18. The molecular formula is C11H12FNO6. The Morgan fingerprint density at radius 1 is 1.58 bits per heavy atom. The number of benzene rings is 1. The van der Waals surface area contributed by atoms with Gasteiger partial charge in [0.25, 0.3) is 0 Å². The maximum Gasteiger partial charge on any atom is 0.336 e. The number of ether oxygens (including phenoxy) is 2. The summed E-state index contributed by atoms with van der Waals surface area (Å²) in [5.74, 6) is -2.26. The van der Waals surface area contributed by atoms with Gasteiger partial charge in [0.1, 0.15) is 12.4 Å². The van der Waals surface area contributed by atoms with Crippen LogP contribution in [0, 0.1) is 15.9 Å². The SMILES string of the molecule is CCOC(COc1ccc([N+](=O)[O-])c(F)c1)C(=O)O. The number of nitrogens with zero attached hydrogens (tertiary/aromatic N) is 1. The molecule has 1 N–H and O–H groups in total. The molecule has 1 atom stereocenters. The van der Waals surface area contributed by atoms with Crippen LogP contribution in [-0.2, 0) is 9.53 Å². The highest BCUT2D eigenvalue weighted by atomic mass is 19.1. The second-order valence-electron chi connectivity index (χ2n) is 3.46. The average Bonchev–Trinajstić information content (AvgIpc) is 2.33. The maximum atomic E-state index is 13.3. The molecule has 1 aromatic rings. The van der Waals surface area contributed by atoms with Crippen LogP contribution in [0.5, 0.6) is 5.75 Å². The van der Waals surface area contributed by atoms with Crippen LogP contribution in [0.25, 0.3) is 0 Å². The molecule has 0 aliphatic rings. The normalized spacial score (nSPS) is 11.9. The first-order valence-corrected chi connectivity index (χ1v) is 5.36. The van der Waals surface area contributed by atoms with Gasteiger partial charge in [0.15, 0.2) is 6.10 Å². The summed E-state index contributed by atoms with van der Waals surface area (Å²) < 4.78 is 23.2. The van der Waals surface area contributed by atoms with Crippen LogP contribution in [0.2, 0.25) is 0 Å². The van der Waals surface area contributed by atoms with Gasteiger partial charge < -0.3 is 14.6 Å². The second kappa shape index (κ2) is 6.64. The summed E-state index contributed by atoms with van der Waals surface area (Å²) >= 11 is 0. The number of carboxylic acid groups (broad SMARTS) is 1. The molecule has 0 bridgehead atoms. The third-order valence-corrected chi connectivity index (χ3v) is 2.16. The summed E-state index contributed by atoms with van der Waals surface area (Å²) in [6, 6.07) is 2.95. The van der Waals surface area contributed by atoms with Crippen molar-refractivity contribution in [3.05, 3.63) is 34.1 Å². The molecule has 0 aromatic heterocycles. The molecular weight excluding hydrogens is 261 g/mol. The maximum absolute atomic E-state index is 13.3. The Balaban J connectivity index is 2.70. The minimum atomic E-state index is -1.20. The average molecular weight is 273 g/mol. The zero-order valence-electron chi connectivity index (χ0n) is 10.0. The van der Waals surface area contributed by atoms with Crippen LogP contribution < -0.4 is 4.74 Å². The smallest absolute Gasteiger partial charge is 0.336 e. The van der Waals surface area contributed by atoms with Crippen molar-refractivity contribution in [2.75, 3.05) is 13.2 Å². The van der Waals surface area contributed by atoms with Crippen molar-refractivity contribution in [2.24, 2.45) is 0 Å². The molecule has 1 rings (SSSR count). The van der Waals surface area contributed by atoms with E-state index in [1.54, 1.807) is 6.92 Å². The predicted molar refractivity (Wildman–Crippen MR) is 61.6 cm³/mol. The van der Waals surface area contributed by atoms with Crippen molar-refractivity contribution < 1.29 is 28.7 Å². The van der Waals surface area contributed by atoms with Crippen LogP contribution in [0.15, 0.2) is 18.2 Å². The molecule has 0 saturated heterocycles. The quantitative estimate of drug-likeness (QED) is 0.598. The molecule has 0 aliphatic carbocycles. The summed E-state index contributed by atoms with van der Waals surface area (Å²) in [7, 11) is 0. The van der Waals surface area contributed by atoms with Crippen LogP contribution in [0.3, 0.4) is 0 Å². The number of carboxylic acids is 1. The predicted octanol–water partition coefficient (Wildman–Crippen LogP) is 1.60. The van der Waals surface area contributed by atoms with E-state index in [1.165, 1.54) is 6.07 Å². The number of hydrogen-bond donors (Lipinski definition) is 1. The van der Waals surface area contributed by atoms with Crippen LogP contribution in [0.1, 0.15) is 6.92 Å². The molecule has 19 heavy (non-hydrogen) atoms. The van der Waals surface area contributed by atoms with E-state index in [0.717, 1.165) is 12.1 Å². The summed E-state index contributed by atoms with van der Waals surface area (Å²) in [4.78, 5) is 20.3. The van der Waals surface area contributed by atoms with E-state index >= 15 is 0 Å². The third-order valence-electron chi connectivity index (χ3n) is 2.16. The zero-order chi connectivity index (χ0) is 14.4. The van der Waals surface area contributed by atoms with Crippen LogP contribution in [-0.4, -0.2) is 35.3 Å². The Labute approximate surface area is 107 Å². The fourth-order valence-corrected chi connectivity index (χ4v) is 1.29. The van der Waals surface area contributed by atoms with Gasteiger partial charge in [-0.25, -0.2) is 4.79 Å². The van der Waals surface area contributed by atoms with Gasteiger partial charge in [-0.1, -0.05) is 0 Å². The van der Waals surface area contributed by atoms with Gasteiger partial charge in [-0.15, -0.1) is 0 Å². The van der Waals surface area contributed by atoms with Gasteiger partial charge in [-0.05, 0) is 13.0 Å². The lowest BCUT2D eigenvalue weighted by molar-refractivity contribution is -0.387. The van der Waals surface area contributed by atoms with E-state index in [9.17, 15) is 19.3 Å².